The first-order valence-electron chi connectivity index (χ1n) is 5.15. The van der Waals surface area contributed by atoms with Crippen molar-refractivity contribution in [1.29, 1.82) is 0 Å². The Hall–Kier alpha value is -1.53. The van der Waals surface area contributed by atoms with Crippen LogP contribution in [-0.4, -0.2) is 41.1 Å². The molecule has 0 aliphatic carbocycles. The van der Waals surface area contributed by atoms with Gasteiger partial charge >= 0.3 is 0 Å². The highest BCUT2D eigenvalue weighted by molar-refractivity contribution is 5.26. The molecule has 0 N–H and O–H groups in total. The van der Waals surface area contributed by atoms with Gasteiger partial charge in [-0.1, -0.05) is 0 Å². The molecule has 0 unspecified atom stereocenters. The highest BCUT2D eigenvalue weighted by Gasteiger charge is 2.12. The fraction of sp³-hybridized carbons (Fsp3) is 0.500. The smallest absolute Gasteiger partial charge is 0.287 e. The lowest BCUT2D eigenvalue weighted by molar-refractivity contribution is -0.385. The summed E-state index contributed by atoms with van der Waals surface area (Å²) in [5.41, 5.74) is 0.887. The van der Waals surface area contributed by atoms with Crippen molar-refractivity contribution >= 4 is 5.69 Å². The standard InChI is InChI=1S/C10H13N3O3/c14-13(15)10-2-1-9(11-7-10)8-12-3-5-16-6-4-12/h1-2,7H,3-6,8H2. The number of nitrogens with zero attached hydrogens (tertiary/aromatic N) is 3. The van der Waals surface area contributed by atoms with Crippen LogP contribution in [0.25, 0.3) is 0 Å². The zero-order valence-corrected chi connectivity index (χ0v) is 8.83. The number of hydrogen-bond donors (Lipinski definition) is 0. The second-order valence-electron chi connectivity index (χ2n) is 3.65. The molecule has 86 valence electrons. The molecular weight excluding hydrogens is 210 g/mol. The Morgan fingerprint density at radius 3 is 2.75 bits per heavy atom. The molecule has 0 aromatic carbocycles. The van der Waals surface area contributed by atoms with Crippen LogP contribution in [0.4, 0.5) is 5.69 Å². The maximum absolute atomic E-state index is 10.4. The number of rotatable bonds is 3. The molecule has 1 aromatic rings. The maximum Gasteiger partial charge on any atom is 0.287 e. The van der Waals surface area contributed by atoms with E-state index in [-0.39, 0.29) is 5.69 Å². The van der Waals surface area contributed by atoms with Crippen LogP contribution < -0.4 is 0 Å². The van der Waals surface area contributed by atoms with Gasteiger partial charge in [0.25, 0.3) is 5.69 Å². The van der Waals surface area contributed by atoms with Crippen LogP contribution in [-0.2, 0) is 11.3 Å². The Morgan fingerprint density at radius 1 is 1.44 bits per heavy atom. The molecular formula is C10H13N3O3. The first kappa shape index (κ1) is 11.0. The van der Waals surface area contributed by atoms with Crippen LogP contribution in [0.1, 0.15) is 5.69 Å². The van der Waals surface area contributed by atoms with Gasteiger partial charge in [0.2, 0.25) is 0 Å². The molecule has 1 saturated heterocycles. The summed E-state index contributed by atoms with van der Waals surface area (Å²) in [6.07, 6.45) is 1.30. The Kier molecular flexibility index (Phi) is 3.43. The third-order valence-electron chi connectivity index (χ3n) is 2.51. The van der Waals surface area contributed by atoms with E-state index in [2.05, 4.69) is 9.88 Å². The molecule has 1 aromatic heterocycles. The van der Waals surface area contributed by atoms with Crippen molar-refractivity contribution in [2.24, 2.45) is 0 Å². The van der Waals surface area contributed by atoms with Crippen LogP contribution in [0.5, 0.6) is 0 Å². The zero-order chi connectivity index (χ0) is 11.4. The molecule has 0 atom stereocenters. The normalized spacial score (nSPS) is 17.2. The lowest BCUT2D eigenvalue weighted by Crippen LogP contribution is -2.35. The summed E-state index contributed by atoms with van der Waals surface area (Å²) in [6, 6.07) is 3.19. The Balaban J connectivity index is 1.96. The van der Waals surface area contributed by atoms with Crippen LogP contribution >= 0.6 is 0 Å². The van der Waals surface area contributed by atoms with Gasteiger partial charge in [-0.2, -0.15) is 0 Å². The molecule has 1 fully saturated rings. The summed E-state index contributed by atoms with van der Waals surface area (Å²) < 4.78 is 5.24. The first-order valence-corrected chi connectivity index (χ1v) is 5.15. The number of ether oxygens (including phenoxy) is 1. The van der Waals surface area contributed by atoms with Crippen molar-refractivity contribution in [2.75, 3.05) is 26.3 Å². The lowest BCUT2D eigenvalue weighted by Gasteiger charge is -2.25. The molecule has 0 saturated carbocycles. The molecule has 0 amide bonds. The maximum atomic E-state index is 10.4. The fourth-order valence-electron chi connectivity index (χ4n) is 1.61. The van der Waals surface area contributed by atoms with E-state index in [1.54, 1.807) is 6.07 Å². The summed E-state index contributed by atoms with van der Waals surface area (Å²) in [7, 11) is 0. The van der Waals surface area contributed by atoms with Crippen LogP contribution in [0.2, 0.25) is 0 Å². The molecule has 0 spiro atoms. The average molecular weight is 223 g/mol. The quantitative estimate of drug-likeness (QED) is 0.560. The molecule has 16 heavy (non-hydrogen) atoms. The molecule has 0 radical (unpaired) electrons. The predicted octanol–water partition coefficient (Wildman–Crippen LogP) is 0.822. The van der Waals surface area contributed by atoms with Gasteiger partial charge in [0.1, 0.15) is 6.20 Å². The molecule has 6 heteroatoms. The van der Waals surface area contributed by atoms with Gasteiger partial charge in [-0.15, -0.1) is 0 Å². The minimum Gasteiger partial charge on any atom is -0.379 e. The van der Waals surface area contributed by atoms with Crippen LogP contribution in [0.15, 0.2) is 18.3 Å². The lowest BCUT2D eigenvalue weighted by atomic mass is 10.3. The SMILES string of the molecule is O=[N+]([O-])c1ccc(CN2CCOCC2)nc1. The highest BCUT2D eigenvalue weighted by atomic mass is 16.6. The number of hydrogen-bond acceptors (Lipinski definition) is 5. The summed E-state index contributed by atoms with van der Waals surface area (Å²) >= 11 is 0. The number of morpholine rings is 1. The van der Waals surface area contributed by atoms with Gasteiger partial charge in [0, 0.05) is 25.7 Å². The van der Waals surface area contributed by atoms with E-state index in [1.807, 2.05) is 0 Å². The third-order valence-corrected chi connectivity index (χ3v) is 2.51. The minimum atomic E-state index is -0.439. The first-order chi connectivity index (χ1) is 7.75. The van der Waals surface area contributed by atoms with Gasteiger partial charge in [0.15, 0.2) is 0 Å². The van der Waals surface area contributed by atoms with Gasteiger partial charge in [-0.3, -0.25) is 20.0 Å². The molecule has 6 nitrogen and oxygen atoms in total. The van der Waals surface area contributed by atoms with E-state index in [0.717, 1.165) is 38.5 Å². The molecule has 2 rings (SSSR count). The average Bonchev–Trinajstić information content (AvgIpc) is 2.31. The minimum absolute atomic E-state index is 0.0331. The van der Waals surface area contributed by atoms with Gasteiger partial charge in [-0.25, -0.2) is 0 Å². The monoisotopic (exact) mass is 223 g/mol. The van der Waals surface area contributed by atoms with E-state index in [1.165, 1.54) is 12.3 Å². The molecule has 1 aliphatic rings. The zero-order valence-electron chi connectivity index (χ0n) is 8.83. The molecule has 1 aliphatic heterocycles. The van der Waals surface area contributed by atoms with E-state index >= 15 is 0 Å². The predicted molar refractivity (Wildman–Crippen MR) is 57.0 cm³/mol. The van der Waals surface area contributed by atoms with Crippen LogP contribution in [0, 0.1) is 10.1 Å². The highest BCUT2D eigenvalue weighted by Crippen LogP contribution is 2.10. The van der Waals surface area contributed by atoms with E-state index < -0.39 is 4.92 Å². The van der Waals surface area contributed by atoms with Crippen molar-refractivity contribution in [2.45, 2.75) is 6.54 Å². The van der Waals surface area contributed by atoms with Gasteiger partial charge in [-0.05, 0) is 6.07 Å². The van der Waals surface area contributed by atoms with Crippen molar-refractivity contribution in [3.05, 3.63) is 34.1 Å². The number of nitro groups is 1. The van der Waals surface area contributed by atoms with Crippen molar-refractivity contribution in [3.8, 4) is 0 Å². The molecule has 0 bridgehead atoms. The van der Waals surface area contributed by atoms with E-state index in [4.69, 9.17) is 4.74 Å². The Bertz CT molecular complexity index is 360. The number of pyridine rings is 1. The van der Waals surface area contributed by atoms with E-state index in [9.17, 15) is 10.1 Å². The van der Waals surface area contributed by atoms with Crippen molar-refractivity contribution in [1.82, 2.24) is 9.88 Å². The van der Waals surface area contributed by atoms with Crippen molar-refractivity contribution < 1.29 is 9.66 Å². The van der Waals surface area contributed by atoms with Gasteiger partial charge in [0.05, 0.1) is 23.8 Å². The Labute approximate surface area is 93.0 Å². The fourth-order valence-corrected chi connectivity index (χ4v) is 1.61. The summed E-state index contributed by atoms with van der Waals surface area (Å²) in [4.78, 5) is 16.3. The van der Waals surface area contributed by atoms with Gasteiger partial charge < -0.3 is 4.74 Å². The second-order valence-corrected chi connectivity index (χ2v) is 3.65. The van der Waals surface area contributed by atoms with Crippen molar-refractivity contribution in [3.63, 3.8) is 0 Å². The summed E-state index contributed by atoms with van der Waals surface area (Å²) in [5.74, 6) is 0. The van der Waals surface area contributed by atoms with E-state index in [0.29, 0.717) is 0 Å². The number of aromatic nitrogens is 1. The summed E-state index contributed by atoms with van der Waals surface area (Å²) in [5, 5.41) is 10.4. The summed E-state index contributed by atoms with van der Waals surface area (Å²) in [6.45, 7) is 3.98. The Morgan fingerprint density at radius 2 is 2.19 bits per heavy atom. The third kappa shape index (κ3) is 2.74. The van der Waals surface area contributed by atoms with Crippen LogP contribution in [0.3, 0.4) is 0 Å². The molecule has 2 heterocycles. The topological polar surface area (TPSA) is 68.5 Å². The largest absolute Gasteiger partial charge is 0.379 e. The second kappa shape index (κ2) is 5.00.